The molecule has 6 heteroatoms. The number of nitrogen functional groups attached to an aromatic ring is 1. The van der Waals surface area contributed by atoms with E-state index in [1.807, 2.05) is 48.7 Å². The average molecular weight is 317 g/mol. The highest BCUT2D eigenvalue weighted by molar-refractivity contribution is 5.71. The number of para-hydroxylation sites is 2. The van der Waals surface area contributed by atoms with E-state index in [4.69, 9.17) is 5.73 Å². The normalized spacial score (nSPS) is 10.8. The van der Waals surface area contributed by atoms with E-state index in [2.05, 4.69) is 15.4 Å². The molecule has 6 nitrogen and oxygen atoms in total. The third-order valence-corrected chi connectivity index (χ3v) is 3.72. The van der Waals surface area contributed by atoms with Gasteiger partial charge in [-0.25, -0.2) is 4.52 Å². The molecule has 0 atom stereocenters. The lowest BCUT2D eigenvalue weighted by molar-refractivity contribution is 0.475. The number of nitrogens with zero attached hydrogens (tertiary/aromatic N) is 3. The summed E-state index contributed by atoms with van der Waals surface area (Å²) in [5.41, 5.74) is 9.90. The third-order valence-electron chi connectivity index (χ3n) is 3.72. The van der Waals surface area contributed by atoms with Crippen LogP contribution < -0.4 is 11.1 Å². The molecule has 0 amide bonds. The van der Waals surface area contributed by atoms with Gasteiger partial charge in [-0.05, 0) is 42.0 Å². The van der Waals surface area contributed by atoms with Gasteiger partial charge in [0.15, 0.2) is 5.65 Å². The second-order valence-electron chi connectivity index (χ2n) is 5.42. The molecule has 0 aliphatic heterocycles. The number of hydrogen-bond donors (Lipinski definition) is 3. The lowest BCUT2D eigenvalue weighted by Crippen LogP contribution is -1.97. The standard InChI is InChI=1S/C18H15N5O/c19-15-6-1-2-7-16(15)20-18-21-17-9-8-13(11-23(17)22-18)12-4-3-5-14(24)10-12/h1-11,24H,19H2,(H,20,22). The maximum atomic E-state index is 9.63. The number of rotatable bonds is 3. The summed E-state index contributed by atoms with van der Waals surface area (Å²) in [6.07, 6.45) is 1.87. The summed E-state index contributed by atoms with van der Waals surface area (Å²) < 4.78 is 1.70. The number of pyridine rings is 1. The van der Waals surface area contributed by atoms with Crippen molar-refractivity contribution in [2.45, 2.75) is 0 Å². The molecular weight excluding hydrogens is 302 g/mol. The Labute approximate surface area is 138 Å². The molecule has 2 heterocycles. The van der Waals surface area contributed by atoms with Gasteiger partial charge in [-0.2, -0.15) is 4.98 Å². The first-order valence-electron chi connectivity index (χ1n) is 7.46. The number of fused-ring (bicyclic) bond motifs is 1. The first-order chi connectivity index (χ1) is 11.7. The van der Waals surface area contributed by atoms with Crippen LogP contribution in [-0.4, -0.2) is 19.7 Å². The molecule has 0 aliphatic rings. The van der Waals surface area contributed by atoms with Crippen LogP contribution in [-0.2, 0) is 0 Å². The number of hydrogen-bond acceptors (Lipinski definition) is 5. The van der Waals surface area contributed by atoms with Crippen LogP contribution in [0.5, 0.6) is 5.75 Å². The zero-order valence-electron chi connectivity index (χ0n) is 12.7. The van der Waals surface area contributed by atoms with E-state index in [-0.39, 0.29) is 5.75 Å². The second-order valence-corrected chi connectivity index (χ2v) is 5.42. The summed E-state index contributed by atoms with van der Waals surface area (Å²) in [5, 5.41) is 17.2. The van der Waals surface area contributed by atoms with Gasteiger partial charge in [0.25, 0.3) is 0 Å². The van der Waals surface area contributed by atoms with Crippen molar-refractivity contribution < 1.29 is 5.11 Å². The highest BCUT2D eigenvalue weighted by Gasteiger charge is 2.07. The summed E-state index contributed by atoms with van der Waals surface area (Å²) in [6, 6.07) is 18.4. The Morgan fingerprint density at radius 3 is 2.67 bits per heavy atom. The van der Waals surface area contributed by atoms with Gasteiger partial charge in [0, 0.05) is 11.8 Å². The fourth-order valence-electron chi connectivity index (χ4n) is 2.52. The third kappa shape index (κ3) is 2.61. The molecule has 4 aromatic rings. The first kappa shape index (κ1) is 14.1. The summed E-state index contributed by atoms with van der Waals surface area (Å²) in [5.74, 6) is 0.703. The molecule has 24 heavy (non-hydrogen) atoms. The van der Waals surface area contributed by atoms with Crippen molar-refractivity contribution in [2.75, 3.05) is 11.1 Å². The number of aromatic nitrogens is 3. The molecule has 0 aliphatic carbocycles. The van der Waals surface area contributed by atoms with Crippen LogP contribution in [0.1, 0.15) is 0 Å². The van der Waals surface area contributed by atoms with Gasteiger partial charge in [-0.3, -0.25) is 0 Å². The van der Waals surface area contributed by atoms with Gasteiger partial charge in [0.05, 0.1) is 11.4 Å². The molecule has 0 saturated heterocycles. The number of anilines is 3. The smallest absolute Gasteiger partial charge is 0.247 e. The van der Waals surface area contributed by atoms with Crippen LogP contribution in [0.15, 0.2) is 66.9 Å². The summed E-state index contributed by atoms with van der Waals surface area (Å²) in [7, 11) is 0. The van der Waals surface area contributed by atoms with Gasteiger partial charge in [0.1, 0.15) is 5.75 Å². The molecule has 4 N–H and O–H groups in total. The average Bonchev–Trinajstić information content (AvgIpc) is 2.98. The number of nitrogens with two attached hydrogens (primary N) is 1. The van der Waals surface area contributed by atoms with Gasteiger partial charge in [-0.15, -0.1) is 5.10 Å². The second kappa shape index (κ2) is 5.58. The molecule has 0 spiro atoms. The topological polar surface area (TPSA) is 88.5 Å². The van der Waals surface area contributed by atoms with E-state index in [1.165, 1.54) is 0 Å². The van der Waals surface area contributed by atoms with Crippen molar-refractivity contribution in [1.82, 2.24) is 14.6 Å². The zero-order chi connectivity index (χ0) is 16.5. The Morgan fingerprint density at radius 1 is 0.958 bits per heavy atom. The van der Waals surface area contributed by atoms with E-state index in [0.717, 1.165) is 22.5 Å². The molecule has 118 valence electrons. The molecule has 0 unspecified atom stereocenters. The molecule has 0 fully saturated rings. The molecule has 0 saturated carbocycles. The summed E-state index contributed by atoms with van der Waals surface area (Å²) >= 11 is 0. The summed E-state index contributed by atoms with van der Waals surface area (Å²) in [4.78, 5) is 4.44. The molecule has 4 rings (SSSR count). The lowest BCUT2D eigenvalue weighted by atomic mass is 10.1. The lowest BCUT2D eigenvalue weighted by Gasteiger charge is -2.04. The quantitative estimate of drug-likeness (QED) is 0.504. The highest BCUT2D eigenvalue weighted by atomic mass is 16.3. The van der Waals surface area contributed by atoms with Crippen LogP contribution in [0.2, 0.25) is 0 Å². The van der Waals surface area contributed by atoms with Crippen LogP contribution in [0.3, 0.4) is 0 Å². The Kier molecular flexibility index (Phi) is 3.28. The molecule has 0 radical (unpaired) electrons. The number of aromatic hydroxyl groups is 1. The fraction of sp³-hybridized carbons (Fsp3) is 0. The van der Waals surface area contributed by atoms with E-state index in [0.29, 0.717) is 11.6 Å². The van der Waals surface area contributed by atoms with E-state index in [1.54, 1.807) is 22.7 Å². The SMILES string of the molecule is Nc1ccccc1Nc1nc2ccc(-c3cccc(O)c3)cn2n1. The minimum absolute atomic E-state index is 0.230. The predicted molar refractivity (Wildman–Crippen MR) is 94.2 cm³/mol. The minimum Gasteiger partial charge on any atom is -0.508 e. The Hall–Kier alpha value is -3.54. The van der Waals surface area contributed by atoms with Crippen LogP contribution in [0.25, 0.3) is 16.8 Å². The van der Waals surface area contributed by atoms with Gasteiger partial charge in [0.2, 0.25) is 5.95 Å². The van der Waals surface area contributed by atoms with E-state index >= 15 is 0 Å². The van der Waals surface area contributed by atoms with E-state index in [9.17, 15) is 5.11 Å². The number of phenolic OH excluding ortho intramolecular Hbond substituents is 1. The van der Waals surface area contributed by atoms with Crippen molar-refractivity contribution in [2.24, 2.45) is 0 Å². The molecule has 0 bridgehead atoms. The number of phenols is 1. The van der Waals surface area contributed by atoms with Crippen molar-refractivity contribution in [3.8, 4) is 16.9 Å². The van der Waals surface area contributed by atoms with Crippen LogP contribution in [0, 0.1) is 0 Å². The maximum absolute atomic E-state index is 9.63. The first-order valence-corrected chi connectivity index (χ1v) is 7.46. The monoisotopic (exact) mass is 317 g/mol. The number of nitrogens with one attached hydrogen (secondary N) is 1. The molecule has 2 aromatic carbocycles. The number of benzene rings is 2. The molecular formula is C18H15N5O. The Morgan fingerprint density at radius 2 is 1.83 bits per heavy atom. The Balaban J connectivity index is 1.70. The van der Waals surface area contributed by atoms with Crippen molar-refractivity contribution >= 4 is 23.0 Å². The molecule has 2 aromatic heterocycles. The van der Waals surface area contributed by atoms with Crippen molar-refractivity contribution in [3.05, 3.63) is 66.9 Å². The van der Waals surface area contributed by atoms with Gasteiger partial charge < -0.3 is 16.2 Å². The fourth-order valence-corrected chi connectivity index (χ4v) is 2.52. The van der Waals surface area contributed by atoms with Gasteiger partial charge >= 0.3 is 0 Å². The Bertz CT molecular complexity index is 1020. The summed E-state index contributed by atoms with van der Waals surface area (Å²) in [6.45, 7) is 0. The minimum atomic E-state index is 0.230. The van der Waals surface area contributed by atoms with E-state index < -0.39 is 0 Å². The predicted octanol–water partition coefficient (Wildman–Crippen LogP) is 3.43. The zero-order valence-corrected chi connectivity index (χ0v) is 12.7. The van der Waals surface area contributed by atoms with Crippen molar-refractivity contribution in [1.29, 1.82) is 0 Å². The largest absolute Gasteiger partial charge is 0.508 e. The van der Waals surface area contributed by atoms with Gasteiger partial charge in [-0.1, -0.05) is 24.3 Å². The highest BCUT2D eigenvalue weighted by Crippen LogP contribution is 2.24. The van der Waals surface area contributed by atoms with Crippen LogP contribution in [0.4, 0.5) is 17.3 Å². The van der Waals surface area contributed by atoms with Crippen LogP contribution >= 0.6 is 0 Å². The maximum Gasteiger partial charge on any atom is 0.247 e. The van der Waals surface area contributed by atoms with Crippen molar-refractivity contribution in [3.63, 3.8) is 0 Å².